The highest BCUT2D eigenvalue weighted by atomic mass is 16.3. The van der Waals surface area contributed by atoms with Crippen molar-refractivity contribution in [3.63, 3.8) is 0 Å². The number of aromatic nitrogens is 1. The number of hydrogen-bond acceptors (Lipinski definition) is 5. The van der Waals surface area contributed by atoms with Crippen LogP contribution >= 0.6 is 0 Å². The minimum Gasteiger partial charge on any atom is -0.447 e. The van der Waals surface area contributed by atoms with E-state index in [-0.39, 0.29) is 23.0 Å². The smallest absolute Gasteiger partial charge is 0.320 e. The van der Waals surface area contributed by atoms with Crippen LogP contribution in [0.15, 0.2) is 47.3 Å². The van der Waals surface area contributed by atoms with E-state index in [1.807, 2.05) is 4.90 Å². The molecule has 194 valence electrons. The van der Waals surface area contributed by atoms with Gasteiger partial charge < -0.3 is 19.5 Å². The number of nitrogens with zero attached hydrogens (tertiary/aromatic N) is 4. The van der Waals surface area contributed by atoms with Crippen LogP contribution in [-0.4, -0.2) is 70.9 Å². The van der Waals surface area contributed by atoms with Crippen molar-refractivity contribution in [1.82, 2.24) is 25.0 Å². The average Bonchev–Trinajstić information content (AvgIpc) is 3.47. The number of urea groups is 1. The largest absolute Gasteiger partial charge is 0.447 e. The number of oxazole rings is 1. The number of amides is 3. The van der Waals surface area contributed by atoms with Crippen molar-refractivity contribution in [3.8, 4) is 0 Å². The summed E-state index contributed by atoms with van der Waals surface area (Å²) >= 11 is 0. The molecule has 1 spiro atoms. The predicted octanol–water partition coefficient (Wildman–Crippen LogP) is 3.99. The third-order valence-electron chi connectivity index (χ3n) is 8.95. The highest BCUT2D eigenvalue weighted by Crippen LogP contribution is 2.49. The van der Waals surface area contributed by atoms with Crippen LogP contribution < -0.4 is 5.32 Å². The second kappa shape index (κ2) is 10.2. The minimum absolute atomic E-state index is 0.00822. The molecule has 3 amide bonds. The molecule has 2 heterocycles. The van der Waals surface area contributed by atoms with Crippen molar-refractivity contribution >= 4 is 11.9 Å². The van der Waals surface area contributed by atoms with Gasteiger partial charge in [0.1, 0.15) is 5.76 Å². The summed E-state index contributed by atoms with van der Waals surface area (Å²) in [6, 6.07) is 10.9. The molecule has 2 aliphatic carbocycles. The van der Waals surface area contributed by atoms with Crippen LogP contribution in [-0.2, 0) is 16.9 Å². The summed E-state index contributed by atoms with van der Waals surface area (Å²) in [5, 5.41) is 2.87. The van der Waals surface area contributed by atoms with Crippen molar-refractivity contribution in [1.29, 1.82) is 0 Å². The van der Waals surface area contributed by atoms with E-state index in [9.17, 15) is 9.59 Å². The molecule has 1 aromatic heterocycles. The maximum Gasteiger partial charge on any atom is 0.320 e. The Labute approximate surface area is 214 Å². The van der Waals surface area contributed by atoms with Crippen molar-refractivity contribution in [3.05, 3.63) is 54.2 Å². The summed E-state index contributed by atoms with van der Waals surface area (Å²) in [4.78, 5) is 36.5. The van der Waals surface area contributed by atoms with E-state index in [2.05, 4.69) is 64.5 Å². The average molecular weight is 494 g/mol. The summed E-state index contributed by atoms with van der Waals surface area (Å²) in [6.45, 7) is 2.33. The summed E-state index contributed by atoms with van der Waals surface area (Å²) < 4.78 is 5.19. The zero-order valence-corrected chi connectivity index (χ0v) is 21.6. The Balaban J connectivity index is 1.27. The van der Waals surface area contributed by atoms with Gasteiger partial charge in [0.25, 0.3) is 0 Å². The van der Waals surface area contributed by atoms with E-state index in [1.165, 1.54) is 31.2 Å². The van der Waals surface area contributed by atoms with Crippen molar-refractivity contribution in [2.24, 2.45) is 5.92 Å². The first kappa shape index (κ1) is 24.8. The highest BCUT2D eigenvalue weighted by Gasteiger charge is 2.54. The van der Waals surface area contributed by atoms with Crippen LogP contribution in [0.5, 0.6) is 0 Å². The van der Waals surface area contributed by atoms with E-state index in [0.29, 0.717) is 37.7 Å². The molecule has 1 aromatic carbocycles. The van der Waals surface area contributed by atoms with Gasteiger partial charge >= 0.3 is 6.03 Å². The molecule has 0 unspecified atom stereocenters. The molecule has 3 aliphatic rings. The topological polar surface area (TPSA) is 81.9 Å². The lowest BCUT2D eigenvalue weighted by Crippen LogP contribution is -2.56. The van der Waals surface area contributed by atoms with Crippen molar-refractivity contribution in [2.75, 3.05) is 33.7 Å². The molecular formula is C28H39N5O3. The Kier molecular flexibility index (Phi) is 7.06. The first-order valence-corrected chi connectivity index (χ1v) is 13.4. The quantitative estimate of drug-likeness (QED) is 0.571. The molecule has 8 nitrogen and oxygen atoms in total. The molecule has 2 saturated carbocycles. The normalized spacial score (nSPS) is 26.6. The Morgan fingerprint density at radius 1 is 1.17 bits per heavy atom. The lowest BCUT2D eigenvalue weighted by atomic mass is 9.68. The second-order valence-electron chi connectivity index (χ2n) is 11.1. The lowest BCUT2D eigenvalue weighted by Gasteiger charge is -2.51. The van der Waals surface area contributed by atoms with Gasteiger partial charge in [0, 0.05) is 31.6 Å². The number of carbonyl (C=O) groups excluding carboxylic acids is 2. The van der Waals surface area contributed by atoms with E-state index < -0.39 is 0 Å². The summed E-state index contributed by atoms with van der Waals surface area (Å²) in [5.74, 6) is 1.16. The minimum atomic E-state index is -0.142. The van der Waals surface area contributed by atoms with Crippen molar-refractivity contribution < 1.29 is 14.0 Å². The van der Waals surface area contributed by atoms with Crippen LogP contribution in [0.1, 0.15) is 62.7 Å². The fraction of sp³-hybridized carbons (Fsp3) is 0.607. The summed E-state index contributed by atoms with van der Waals surface area (Å²) in [6.07, 6.45) is 10.9. The number of hydrogen-bond donors (Lipinski definition) is 1. The Morgan fingerprint density at radius 3 is 2.53 bits per heavy atom. The number of rotatable bonds is 9. The summed E-state index contributed by atoms with van der Waals surface area (Å²) in [7, 11) is 4.36. The molecular weight excluding hydrogens is 454 g/mol. The highest BCUT2D eigenvalue weighted by molar-refractivity contribution is 5.80. The lowest BCUT2D eigenvalue weighted by molar-refractivity contribution is -0.121. The SMILES string of the molecule is CN(C)[C@]1(c2ccccc2)CC[C@@]2(CC1)CN(CCC(=O)NCc1cnco1)C(=O)N2CC1CCC1. The number of carbonyl (C=O) groups is 2. The maximum absolute atomic E-state index is 13.7. The van der Waals surface area contributed by atoms with Gasteiger partial charge in [-0.05, 0) is 64.1 Å². The molecule has 1 saturated heterocycles. The van der Waals surface area contributed by atoms with Gasteiger partial charge in [-0.15, -0.1) is 0 Å². The fourth-order valence-electron chi connectivity index (χ4n) is 6.40. The van der Waals surface area contributed by atoms with E-state index in [0.717, 1.165) is 32.2 Å². The molecule has 36 heavy (non-hydrogen) atoms. The van der Waals surface area contributed by atoms with Crippen LogP contribution in [0.4, 0.5) is 4.79 Å². The third kappa shape index (κ3) is 4.75. The van der Waals surface area contributed by atoms with Gasteiger partial charge in [-0.2, -0.15) is 0 Å². The number of nitrogens with one attached hydrogen (secondary N) is 1. The summed E-state index contributed by atoms with van der Waals surface area (Å²) in [5.41, 5.74) is 1.21. The standard InChI is InChI=1S/C28H39N5O3/c1-31(2)28(23-9-4-3-5-10-23)14-12-27(13-15-28)20-32(26(35)33(27)19-22-7-6-8-22)16-11-25(34)30-18-24-17-29-21-36-24/h3-5,9-10,17,21-22H,6-8,11-16,18-20H2,1-2H3,(H,30,34)/t27-,28-. The van der Waals surface area contributed by atoms with Crippen LogP contribution in [0.3, 0.4) is 0 Å². The van der Waals surface area contributed by atoms with E-state index >= 15 is 0 Å². The number of benzene rings is 1. The molecule has 0 radical (unpaired) electrons. The first-order valence-electron chi connectivity index (χ1n) is 13.4. The molecule has 5 rings (SSSR count). The third-order valence-corrected chi connectivity index (χ3v) is 8.95. The van der Waals surface area contributed by atoms with Gasteiger partial charge in [-0.1, -0.05) is 36.8 Å². The zero-order valence-electron chi connectivity index (χ0n) is 21.6. The van der Waals surface area contributed by atoms with Gasteiger partial charge in [-0.3, -0.25) is 9.69 Å². The Morgan fingerprint density at radius 2 is 1.92 bits per heavy atom. The first-order chi connectivity index (χ1) is 17.4. The van der Waals surface area contributed by atoms with E-state index in [1.54, 1.807) is 6.20 Å². The van der Waals surface area contributed by atoms with Crippen LogP contribution in [0.2, 0.25) is 0 Å². The zero-order chi connectivity index (χ0) is 25.2. The Hall–Kier alpha value is -2.87. The predicted molar refractivity (Wildman–Crippen MR) is 137 cm³/mol. The van der Waals surface area contributed by atoms with E-state index in [4.69, 9.17) is 4.42 Å². The van der Waals surface area contributed by atoms with Gasteiger partial charge in [0.15, 0.2) is 6.39 Å². The molecule has 3 fully saturated rings. The van der Waals surface area contributed by atoms with Gasteiger partial charge in [-0.25, -0.2) is 9.78 Å². The molecule has 1 aliphatic heterocycles. The monoisotopic (exact) mass is 493 g/mol. The maximum atomic E-state index is 13.7. The molecule has 1 N–H and O–H groups in total. The molecule has 2 aromatic rings. The molecule has 0 atom stereocenters. The fourth-order valence-corrected chi connectivity index (χ4v) is 6.40. The molecule has 0 bridgehead atoms. The van der Waals surface area contributed by atoms with Crippen LogP contribution in [0, 0.1) is 5.92 Å². The molecule has 8 heteroatoms. The van der Waals surface area contributed by atoms with Crippen LogP contribution in [0.25, 0.3) is 0 Å². The second-order valence-corrected chi connectivity index (χ2v) is 11.1. The van der Waals surface area contributed by atoms with Gasteiger partial charge in [0.2, 0.25) is 5.91 Å². The van der Waals surface area contributed by atoms with Crippen molar-refractivity contribution in [2.45, 2.75) is 69.0 Å². The van der Waals surface area contributed by atoms with Gasteiger partial charge in [0.05, 0.1) is 18.3 Å². The Bertz CT molecular complexity index is 1030.